The maximum absolute atomic E-state index is 12.6. The molecule has 0 aromatic heterocycles. The minimum atomic E-state index is -3.41. The van der Waals surface area contributed by atoms with Crippen molar-refractivity contribution in [3.05, 3.63) is 65.2 Å². The Labute approximate surface area is 184 Å². The Kier molecular flexibility index (Phi) is 7.02. The second kappa shape index (κ2) is 9.91. The number of nitrogens with one attached hydrogen (secondary N) is 1. The van der Waals surface area contributed by atoms with E-state index in [9.17, 15) is 13.2 Å². The van der Waals surface area contributed by atoms with Gasteiger partial charge in [-0.15, -0.1) is 0 Å². The Morgan fingerprint density at radius 3 is 2.35 bits per heavy atom. The average Bonchev–Trinajstić information content (AvgIpc) is 3.35. The summed E-state index contributed by atoms with van der Waals surface area (Å²) in [6, 6.07) is 14.4. The lowest BCUT2D eigenvalue weighted by molar-refractivity contribution is 0.0342. The van der Waals surface area contributed by atoms with E-state index in [0.29, 0.717) is 30.1 Å². The molecule has 2 aliphatic heterocycles. The van der Waals surface area contributed by atoms with Crippen LogP contribution in [0.2, 0.25) is 0 Å². The predicted molar refractivity (Wildman–Crippen MR) is 118 cm³/mol. The Bertz CT molecular complexity index is 996. The van der Waals surface area contributed by atoms with Gasteiger partial charge < -0.3 is 10.1 Å². The van der Waals surface area contributed by atoms with E-state index in [0.717, 1.165) is 56.8 Å². The van der Waals surface area contributed by atoms with E-state index >= 15 is 0 Å². The third-order valence-corrected chi connectivity index (χ3v) is 7.69. The highest BCUT2D eigenvalue weighted by Gasteiger charge is 2.26. The summed E-state index contributed by atoms with van der Waals surface area (Å²) in [6.45, 7) is 5.62. The van der Waals surface area contributed by atoms with Crippen LogP contribution in [0.3, 0.4) is 0 Å². The molecule has 0 bridgehead atoms. The lowest BCUT2D eigenvalue weighted by Gasteiger charge is -2.26. The highest BCUT2D eigenvalue weighted by Crippen LogP contribution is 2.21. The SMILES string of the molecule is O=C(NCc1ccc(S(=O)(=O)N2CCCC2)cc1)c1cccc(CN2CCOCC2)c1. The molecule has 0 aliphatic carbocycles. The van der Waals surface area contributed by atoms with Crippen LogP contribution in [0.15, 0.2) is 53.4 Å². The number of rotatable bonds is 7. The molecule has 2 aliphatic rings. The zero-order chi connectivity index (χ0) is 21.7. The van der Waals surface area contributed by atoms with Crippen molar-refractivity contribution in [2.75, 3.05) is 39.4 Å². The van der Waals surface area contributed by atoms with Crippen LogP contribution in [0.1, 0.15) is 34.3 Å². The number of morpholine rings is 1. The van der Waals surface area contributed by atoms with Crippen molar-refractivity contribution in [2.24, 2.45) is 0 Å². The number of carbonyl (C=O) groups is 1. The van der Waals surface area contributed by atoms with Gasteiger partial charge in [0.15, 0.2) is 0 Å². The van der Waals surface area contributed by atoms with E-state index in [1.807, 2.05) is 24.3 Å². The fraction of sp³-hybridized carbons (Fsp3) is 0.435. The minimum Gasteiger partial charge on any atom is -0.379 e. The first kappa shape index (κ1) is 22.0. The molecule has 7 nitrogen and oxygen atoms in total. The molecule has 0 spiro atoms. The lowest BCUT2D eigenvalue weighted by Crippen LogP contribution is -2.35. The second-order valence-electron chi connectivity index (χ2n) is 8.03. The van der Waals surface area contributed by atoms with Gasteiger partial charge in [-0.1, -0.05) is 24.3 Å². The van der Waals surface area contributed by atoms with E-state index in [2.05, 4.69) is 10.2 Å². The van der Waals surface area contributed by atoms with Crippen LogP contribution in [0.4, 0.5) is 0 Å². The number of ether oxygens (including phenoxy) is 1. The van der Waals surface area contributed by atoms with Gasteiger partial charge in [0.05, 0.1) is 18.1 Å². The normalized spacial score (nSPS) is 18.2. The van der Waals surface area contributed by atoms with E-state index in [-0.39, 0.29) is 5.91 Å². The number of sulfonamides is 1. The second-order valence-corrected chi connectivity index (χ2v) is 9.96. The molecule has 166 valence electrons. The molecule has 0 radical (unpaired) electrons. The Balaban J connectivity index is 1.33. The number of hydrogen-bond acceptors (Lipinski definition) is 5. The summed E-state index contributed by atoms with van der Waals surface area (Å²) < 4.78 is 32.2. The molecular weight excluding hydrogens is 414 g/mol. The van der Waals surface area contributed by atoms with E-state index < -0.39 is 10.0 Å². The minimum absolute atomic E-state index is 0.141. The third kappa shape index (κ3) is 5.51. The lowest BCUT2D eigenvalue weighted by atomic mass is 10.1. The first-order valence-corrected chi connectivity index (χ1v) is 12.2. The Hall–Kier alpha value is -2.26. The molecule has 2 aromatic carbocycles. The Morgan fingerprint density at radius 2 is 1.65 bits per heavy atom. The van der Waals surface area contributed by atoms with Crippen molar-refractivity contribution >= 4 is 15.9 Å². The number of hydrogen-bond donors (Lipinski definition) is 1. The first-order valence-electron chi connectivity index (χ1n) is 10.8. The highest BCUT2D eigenvalue weighted by molar-refractivity contribution is 7.89. The number of benzene rings is 2. The maximum atomic E-state index is 12.6. The van der Waals surface area contributed by atoms with E-state index in [1.165, 1.54) is 4.31 Å². The van der Waals surface area contributed by atoms with Gasteiger partial charge in [-0.05, 0) is 48.2 Å². The monoisotopic (exact) mass is 443 g/mol. The summed E-state index contributed by atoms with van der Waals surface area (Å²) in [5.41, 5.74) is 2.59. The molecule has 2 aromatic rings. The van der Waals surface area contributed by atoms with Crippen molar-refractivity contribution in [3.63, 3.8) is 0 Å². The van der Waals surface area contributed by atoms with Crippen LogP contribution < -0.4 is 5.32 Å². The zero-order valence-electron chi connectivity index (χ0n) is 17.6. The van der Waals surface area contributed by atoms with E-state index in [4.69, 9.17) is 4.74 Å². The van der Waals surface area contributed by atoms with Gasteiger partial charge in [0.2, 0.25) is 10.0 Å². The van der Waals surface area contributed by atoms with Gasteiger partial charge in [0.1, 0.15) is 0 Å². The quantitative estimate of drug-likeness (QED) is 0.710. The smallest absolute Gasteiger partial charge is 0.251 e. The summed E-state index contributed by atoms with van der Waals surface area (Å²) in [7, 11) is -3.41. The van der Waals surface area contributed by atoms with Crippen LogP contribution >= 0.6 is 0 Å². The fourth-order valence-electron chi connectivity index (χ4n) is 3.97. The molecule has 1 amide bonds. The van der Waals surface area contributed by atoms with Crippen molar-refractivity contribution < 1.29 is 17.9 Å². The van der Waals surface area contributed by atoms with Gasteiger partial charge >= 0.3 is 0 Å². The topological polar surface area (TPSA) is 79.0 Å². The fourth-order valence-corrected chi connectivity index (χ4v) is 5.49. The summed E-state index contributed by atoms with van der Waals surface area (Å²) >= 11 is 0. The third-order valence-electron chi connectivity index (χ3n) is 5.78. The molecule has 2 heterocycles. The molecule has 0 unspecified atom stereocenters. The molecule has 1 N–H and O–H groups in total. The van der Waals surface area contributed by atoms with Gasteiger partial charge in [-0.2, -0.15) is 4.31 Å². The number of nitrogens with zero attached hydrogens (tertiary/aromatic N) is 2. The molecule has 2 saturated heterocycles. The number of amides is 1. The predicted octanol–water partition coefficient (Wildman–Crippen LogP) is 2.23. The van der Waals surface area contributed by atoms with Crippen molar-refractivity contribution in [1.82, 2.24) is 14.5 Å². The van der Waals surface area contributed by atoms with Gasteiger partial charge in [-0.3, -0.25) is 9.69 Å². The van der Waals surface area contributed by atoms with Crippen LogP contribution in [0, 0.1) is 0 Å². The van der Waals surface area contributed by atoms with Crippen LogP contribution in [0.5, 0.6) is 0 Å². The maximum Gasteiger partial charge on any atom is 0.251 e. The van der Waals surface area contributed by atoms with Crippen molar-refractivity contribution in [2.45, 2.75) is 30.8 Å². The molecule has 4 rings (SSSR count). The standard InChI is InChI=1S/C23H29N3O4S/c27-23(21-5-3-4-20(16-21)18-25-12-14-30-15-13-25)24-17-19-6-8-22(9-7-19)31(28,29)26-10-1-2-11-26/h3-9,16H,1-2,10-15,17-18H2,(H,24,27). The van der Waals surface area contributed by atoms with Crippen molar-refractivity contribution in [3.8, 4) is 0 Å². The summed E-state index contributed by atoms with van der Waals surface area (Å²) in [5.74, 6) is -0.141. The van der Waals surface area contributed by atoms with Crippen LogP contribution in [0.25, 0.3) is 0 Å². The van der Waals surface area contributed by atoms with Gasteiger partial charge in [-0.25, -0.2) is 8.42 Å². The van der Waals surface area contributed by atoms with Crippen molar-refractivity contribution in [1.29, 1.82) is 0 Å². The van der Waals surface area contributed by atoms with E-state index in [1.54, 1.807) is 24.3 Å². The molecule has 8 heteroatoms. The molecule has 0 saturated carbocycles. The summed E-state index contributed by atoms with van der Waals surface area (Å²) in [5, 5.41) is 2.93. The molecule has 2 fully saturated rings. The highest BCUT2D eigenvalue weighted by atomic mass is 32.2. The van der Waals surface area contributed by atoms with Gasteiger partial charge in [0.25, 0.3) is 5.91 Å². The first-order chi connectivity index (χ1) is 15.0. The molecule has 0 atom stereocenters. The molecular formula is C23H29N3O4S. The van der Waals surface area contributed by atoms with Gasteiger partial charge in [0, 0.05) is 44.8 Å². The van der Waals surface area contributed by atoms with Crippen LogP contribution in [-0.4, -0.2) is 62.9 Å². The number of carbonyl (C=O) groups excluding carboxylic acids is 1. The van der Waals surface area contributed by atoms with Crippen LogP contribution in [-0.2, 0) is 27.8 Å². The Morgan fingerprint density at radius 1 is 0.935 bits per heavy atom. The summed E-state index contributed by atoms with van der Waals surface area (Å²) in [4.78, 5) is 15.2. The summed E-state index contributed by atoms with van der Waals surface area (Å²) in [6.07, 6.45) is 1.83. The average molecular weight is 444 g/mol. The largest absolute Gasteiger partial charge is 0.379 e. The zero-order valence-corrected chi connectivity index (χ0v) is 18.4. The molecule has 31 heavy (non-hydrogen) atoms.